The Morgan fingerprint density at radius 1 is 0.946 bits per heavy atom. The van der Waals surface area contributed by atoms with Gasteiger partial charge in [0, 0.05) is 63.4 Å². The molecule has 0 radical (unpaired) electrons. The third-order valence-electron chi connectivity index (χ3n) is 10.6. The SMILES string of the molecule is N#Cc1ccc(OC2CCC(C(=O)Nc3cnc(C4CCN(CCCOCCS(=O)(=O)N5CCN(c6cncc(C(F)(F)F)c6)CC5)CC4)cn3)CC2)cc1Cl. The highest BCUT2D eigenvalue weighted by atomic mass is 35.5. The second kappa shape index (κ2) is 18.9. The molecule has 13 nitrogen and oxygen atoms in total. The van der Waals surface area contributed by atoms with Crippen LogP contribution in [0.5, 0.6) is 5.75 Å². The van der Waals surface area contributed by atoms with Crippen LogP contribution in [0.1, 0.15) is 67.7 Å². The van der Waals surface area contributed by atoms with Crippen LogP contribution < -0.4 is 15.0 Å². The molecule has 2 aliphatic heterocycles. The number of rotatable bonds is 14. The van der Waals surface area contributed by atoms with E-state index in [0.717, 1.165) is 69.7 Å². The number of halogens is 4. The summed E-state index contributed by atoms with van der Waals surface area (Å²) in [6.45, 7) is 4.04. The minimum Gasteiger partial charge on any atom is -0.490 e. The van der Waals surface area contributed by atoms with Crippen molar-refractivity contribution in [2.45, 2.75) is 63.1 Å². The number of aromatic nitrogens is 3. The average molecular weight is 819 g/mol. The number of anilines is 2. The van der Waals surface area contributed by atoms with Crippen LogP contribution in [0.15, 0.2) is 49.1 Å². The lowest BCUT2D eigenvalue weighted by Gasteiger charge is -2.35. The molecular weight excluding hydrogens is 773 g/mol. The molecule has 0 bridgehead atoms. The molecule has 1 aromatic carbocycles. The number of piperidine rings is 1. The highest BCUT2D eigenvalue weighted by Gasteiger charge is 2.33. The smallest absolute Gasteiger partial charge is 0.417 e. The highest BCUT2D eigenvalue weighted by molar-refractivity contribution is 7.89. The Kier molecular flexibility index (Phi) is 14.0. The van der Waals surface area contributed by atoms with Gasteiger partial charge in [0.2, 0.25) is 15.9 Å². The van der Waals surface area contributed by atoms with Crippen molar-refractivity contribution >= 4 is 39.0 Å². The van der Waals surface area contributed by atoms with Gasteiger partial charge in [-0.05, 0) is 76.2 Å². The van der Waals surface area contributed by atoms with Gasteiger partial charge in [0.1, 0.15) is 11.8 Å². The van der Waals surface area contributed by atoms with Gasteiger partial charge < -0.3 is 24.6 Å². The van der Waals surface area contributed by atoms with Crippen molar-refractivity contribution in [3.63, 3.8) is 0 Å². The van der Waals surface area contributed by atoms with Crippen molar-refractivity contribution in [3.05, 3.63) is 70.9 Å². The largest absolute Gasteiger partial charge is 0.490 e. The summed E-state index contributed by atoms with van der Waals surface area (Å²) in [4.78, 5) is 29.8. The van der Waals surface area contributed by atoms with Crippen LogP contribution in [0.25, 0.3) is 0 Å². The van der Waals surface area contributed by atoms with E-state index in [0.29, 0.717) is 47.3 Å². The van der Waals surface area contributed by atoms with Gasteiger partial charge in [0.15, 0.2) is 5.82 Å². The van der Waals surface area contributed by atoms with E-state index in [4.69, 9.17) is 26.3 Å². The Bertz CT molecular complexity index is 1930. The molecule has 302 valence electrons. The fourth-order valence-corrected chi connectivity index (χ4v) is 8.87. The summed E-state index contributed by atoms with van der Waals surface area (Å²) >= 11 is 6.12. The number of likely N-dealkylation sites (tertiary alicyclic amines) is 1. The van der Waals surface area contributed by atoms with E-state index >= 15 is 0 Å². The molecule has 2 aromatic heterocycles. The van der Waals surface area contributed by atoms with Crippen LogP contribution in [0.4, 0.5) is 24.7 Å². The molecule has 2 saturated heterocycles. The van der Waals surface area contributed by atoms with Gasteiger partial charge in [0.05, 0.1) is 64.6 Å². The molecule has 0 unspecified atom stereocenters. The van der Waals surface area contributed by atoms with Crippen LogP contribution in [-0.4, -0.2) is 109 Å². The fraction of sp³-hybridized carbons (Fsp3) is 0.553. The van der Waals surface area contributed by atoms with E-state index in [1.807, 2.05) is 6.07 Å². The number of carbonyl (C=O) groups excluding carboxylic acids is 1. The van der Waals surface area contributed by atoms with E-state index in [1.165, 1.54) is 10.5 Å². The van der Waals surface area contributed by atoms with Crippen LogP contribution >= 0.6 is 11.6 Å². The van der Waals surface area contributed by atoms with Crippen molar-refractivity contribution in [3.8, 4) is 11.8 Å². The number of carbonyl (C=O) groups is 1. The number of pyridine rings is 1. The number of hydrogen-bond donors (Lipinski definition) is 1. The number of piperazine rings is 1. The van der Waals surface area contributed by atoms with Gasteiger partial charge in [-0.3, -0.25) is 14.8 Å². The molecule has 1 aliphatic carbocycles. The number of amides is 1. The number of hydrogen-bond acceptors (Lipinski definition) is 11. The van der Waals surface area contributed by atoms with Crippen molar-refractivity contribution in [2.75, 3.05) is 75.0 Å². The van der Waals surface area contributed by atoms with E-state index in [2.05, 4.69) is 25.2 Å². The predicted octanol–water partition coefficient (Wildman–Crippen LogP) is 5.73. The van der Waals surface area contributed by atoms with Gasteiger partial charge in [-0.15, -0.1) is 0 Å². The lowest BCUT2D eigenvalue weighted by atomic mass is 9.86. The predicted molar refractivity (Wildman–Crippen MR) is 204 cm³/mol. The summed E-state index contributed by atoms with van der Waals surface area (Å²) in [7, 11) is -3.56. The monoisotopic (exact) mass is 818 g/mol. The quantitative estimate of drug-likeness (QED) is 0.199. The Morgan fingerprint density at radius 2 is 1.70 bits per heavy atom. The maximum atomic E-state index is 13.1. The van der Waals surface area contributed by atoms with Gasteiger partial charge in [-0.25, -0.2) is 13.4 Å². The summed E-state index contributed by atoms with van der Waals surface area (Å²) in [6, 6.07) is 8.10. The number of alkyl halides is 3. The Labute approximate surface area is 330 Å². The first-order chi connectivity index (χ1) is 26.9. The van der Waals surface area contributed by atoms with E-state index in [1.54, 1.807) is 35.5 Å². The minimum absolute atomic E-state index is 0.0219. The Hall–Kier alpha value is -4.08. The number of nitriles is 1. The Morgan fingerprint density at radius 3 is 2.36 bits per heavy atom. The van der Waals surface area contributed by atoms with Crippen molar-refractivity contribution in [1.29, 1.82) is 5.26 Å². The maximum Gasteiger partial charge on any atom is 0.417 e. The highest BCUT2D eigenvalue weighted by Crippen LogP contribution is 2.33. The van der Waals surface area contributed by atoms with Gasteiger partial charge >= 0.3 is 6.18 Å². The number of sulfonamides is 1. The van der Waals surface area contributed by atoms with Crippen molar-refractivity contribution in [1.82, 2.24) is 24.2 Å². The molecule has 18 heteroatoms. The number of nitrogens with zero attached hydrogens (tertiary/aromatic N) is 7. The molecule has 1 N–H and O–H groups in total. The van der Waals surface area contributed by atoms with E-state index in [9.17, 15) is 26.4 Å². The molecule has 4 heterocycles. The van der Waals surface area contributed by atoms with E-state index in [-0.39, 0.29) is 62.4 Å². The van der Waals surface area contributed by atoms with Crippen LogP contribution in [0, 0.1) is 17.2 Å². The molecular formula is C38H46ClF3N8O5S. The van der Waals surface area contributed by atoms with Crippen molar-refractivity contribution in [2.24, 2.45) is 5.92 Å². The second-order valence-corrected chi connectivity index (χ2v) is 16.9. The first-order valence-corrected chi connectivity index (χ1v) is 20.9. The molecule has 1 amide bonds. The van der Waals surface area contributed by atoms with Crippen LogP contribution in [-0.2, 0) is 25.7 Å². The summed E-state index contributed by atoms with van der Waals surface area (Å²) in [6.07, 6.45) is 6.45. The molecule has 6 rings (SSSR count). The molecule has 56 heavy (non-hydrogen) atoms. The third-order valence-corrected chi connectivity index (χ3v) is 12.8. The van der Waals surface area contributed by atoms with Crippen LogP contribution in [0.2, 0.25) is 5.02 Å². The molecule has 3 aliphatic rings. The zero-order chi connectivity index (χ0) is 39.7. The lowest BCUT2D eigenvalue weighted by molar-refractivity contribution is -0.137. The number of ether oxygens (including phenoxy) is 2. The Balaban J connectivity index is 0.822. The summed E-state index contributed by atoms with van der Waals surface area (Å²) in [5.41, 5.74) is 0.793. The third kappa shape index (κ3) is 11.3. The standard InChI is InChI=1S/C38H46ClF3N8O5S/c39-34-21-33(7-4-29(34)22-43)55-32-5-2-28(3-6-32)37(51)47-36-26-45-35(25-46-36)27-8-11-48(12-9-27)10-1-17-54-18-19-56(52,53)50-15-13-49(14-16-50)31-20-30(23-44-24-31)38(40,41)42/h4,7,20-21,23-28,32H,1-3,5-6,8-19H2,(H,46,47,51). The normalized spacial score (nSPS) is 20.4. The lowest BCUT2D eigenvalue weighted by Crippen LogP contribution is -2.49. The summed E-state index contributed by atoms with van der Waals surface area (Å²) in [5.74, 6) is 0.961. The zero-order valence-corrected chi connectivity index (χ0v) is 32.5. The number of nitrogens with one attached hydrogen (secondary N) is 1. The molecule has 3 aromatic rings. The molecule has 0 atom stereocenters. The van der Waals surface area contributed by atoms with Gasteiger partial charge in [-0.2, -0.15) is 22.7 Å². The minimum atomic E-state index is -4.49. The number of benzene rings is 1. The summed E-state index contributed by atoms with van der Waals surface area (Å²) in [5, 5.41) is 12.3. The average Bonchev–Trinajstić information content (AvgIpc) is 3.20. The first kappa shape index (κ1) is 41.6. The molecule has 1 saturated carbocycles. The zero-order valence-electron chi connectivity index (χ0n) is 31.0. The van der Waals surface area contributed by atoms with E-state index < -0.39 is 21.8 Å². The topological polar surface area (TPSA) is 154 Å². The fourth-order valence-electron chi connectivity index (χ4n) is 7.35. The maximum absolute atomic E-state index is 13.1. The van der Waals surface area contributed by atoms with Gasteiger partial charge in [0.25, 0.3) is 0 Å². The summed E-state index contributed by atoms with van der Waals surface area (Å²) < 4.78 is 78.0. The molecule has 3 fully saturated rings. The first-order valence-electron chi connectivity index (χ1n) is 18.9. The van der Waals surface area contributed by atoms with Crippen LogP contribution in [0.3, 0.4) is 0 Å². The van der Waals surface area contributed by atoms with Crippen molar-refractivity contribution < 1.29 is 35.9 Å². The second-order valence-electron chi connectivity index (χ2n) is 14.4. The molecule has 0 spiro atoms. The van der Waals surface area contributed by atoms with Gasteiger partial charge in [-0.1, -0.05) is 11.6 Å².